The molecule has 4 rings (SSSR count). The van der Waals surface area contributed by atoms with E-state index in [1.54, 1.807) is 7.11 Å². The Morgan fingerprint density at radius 1 is 1.00 bits per heavy atom. The van der Waals surface area contributed by atoms with E-state index in [4.69, 9.17) is 9.72 Å². The highest BCUT2D eigenvalue weighted by Crippen LogP contribution is 2.36. The summed E-state index contributed by atoms with van der Waals surface area (Å²) >= 11 is 0. The Labute approximate surface area is 164 Å². The molecule has 0 saturated carbocycles. The van der Waals surface area contributed by atoms with E-state index in [0.29, 0.717) is 5.95 Å². The summed E-state index contributed by atoms with van der Waals surface area (Å²) in [5.74, 6) is 2.13. The number of aryl methyl sites for hydroxylation is 2. The van der Waals surface area contributed by atoms with Crippen LogP contribution < -0.4 is 15.4 Å². The zero-order chi connectivity index (χ0) is 19.7. The van der Waals surface area contributed by atoms with Crippen molar-refractivity contribution in [3.05, 3.63) is 59.1 Å². The molecular weight excluding hydrogens is 350 g/mol. The lowest BCUT2D eigenvalue weighted by Gasteiger charge is -2.15. The van der Waals surface area contributed by atoms with Crippen molar-refractivity contribution in [3.63, 3.8) is 0 Å². The molecule has 0 saturated heterocycles. The van der Waals surface area contributed by atoms with Crippen LogP contribution in [-0.4, -0.2) is 29.1 Å². The lowest BCUT2D eigenvalue weighted by Crippen LogP contribution is -2.03. The first kappa shape index (κ1) is 18.0. The van der Waals surface area contributed by atoms with Gasteiger partial charge in [-0.05, 0) is 56.2 Å². The van der Waals surface area contributed by atoms with Gasteiger partial charge in [0.25, 0.3) is 0 Å². The van der Waals surface area contributed by atoms with Crippen LogP contribution >= 0.6 is 0 Å². The molecule has 0 aliphatic heterocycles. The molecule has 6 heteroatoms. The third-order valence-electron chi connectivity index (χ3n) is 4.80. The summed E-state index contributed by atoms with van der Waals surface area (Å²) in [6, 6.07) is 10.1. The fourth-order valence-electron chi connectivity index (χ4n) is 3.42. The molecule has 0 amide bonds. The van der Waals surface area contributed by atoms with Gasteiger partial charge in [-0.2, -0.15) is 4.98 Å². The Bertz CT molecular complexity index is 1070. The number of aromatic nitrogens is 3. The molecule has 0 bridgehead atoms. The van der Waals surface area contributed by atoms with Crippen molar-refractivity contribution in [3.8, 4) is 16.9 Å². The number of rotatable bonds is 5. The van der Waals surface area contributed by atoms with E-state index < -0.39 is 0 Å². The summed E-state index contributed by atoms with van der Waals surface area (Å²) < 4.78 is 5.62. The van der Waals surface area contributed by atoms with Crippen LogP contribution in [0.15, 0.2) is 36.4 Å². The molecule has 2 aromatic heterocycles. The van der Waals surface area contributed by atoms with Gasteiger partial charge < -0.3 is 15.4 Å². The van der Waals surface area contributed by atoms with Gasteiger partial charge in [0.1, 0.15) is 11.6 Å². The van der Waals surface area contributed by atoms with Gasteiger partial charge in [0.2, 0.25) is 5.95 Å². The molecule has 0 atom stereocenters. The summed E-state index contributed by atoms with van der Waals surface area (Å²) in [4.78, 5) is 13.7. The van der Waals surface area contributed by atoms with Crippen LogP contribution in [0.2, 0.25) is 0 Å². The smallest absolute Gasteiger partial charge is 0.229 e. The highest BCUT2D eigenvalue weighted by molar-refractivity contribution is 5.78. The summed E-state index contributed by atoms with van der Waals surface area (Å²) in [6.07, 6.45) is 5.14. The fraction of sp³-hybridized carbons (Fsp3) is 0.227. The molecule has 1 aromatic carbocycles. The molecule has 3 aromatic rings. The van der Waals surface area contributed by atoms with Gasteiger partial charge in [0, 0.05) is 41.3 Å². The maximum absolute atomic E-state index is 5.62. The van der Waals surface area contributed by atoms with Crippen molar-refractivity contribution < 1.29 is 4.74 Å². The Morgan fingerprint density at radius 3 is 2.64 bits per heavy atom. The van der Waals surface area contributed by atoms with Crippen LogP contribution in [0.3, 0.4) is 0 Å². The van der Waals surface area contributed by atoms with Crippen LogP contribution in [0.5, 0.6) is 5.75 Å². The molecule has 28 heavy (non-hydrogen) atoms. The van der Waals surface area contributed by atoms with E-state index in [9.17, 15) is 0 Å². The van der Waals surface area contributed by atoms with Crippen LogP contribution in [0.25, 0.3) is 17.2 Å². The van der Waals surface area contributed by atoms with Crippen molar-refractivity contribution in [1.29, 1.82) is 0 Å². The predicted molar refractivity (Wildman–Crippen MR) is 113 cm³/mol. The average Bonchev–Trinajstić information content (AvgIpc) is 3.14. The van der Waals surface area contributed by atoms with Crippen molar-refractivity contribution in [1.82, 2.24) is 15.0 Å². The monoisotopic (exact) mass is 373 g/mol. The number of nitrogens with one attached hydrogen (secondary N) is 2. The lowest BCUT2D eigenvalue weighted by molar-refractivity contribution is 0.416. The highest BCUT2D eigenvalue weighted by Gasteiger charge is 2.16. The summed E-state index contributed by atoms with van der Waals surface area (Å²) in [5, 5.41) is 6.36. The topological polar surface area (TPSA) is 72.0 Å². The normalized spacial score (nSPS) is 12.0. The number of benzene rings is 1. The molecule has 0 fully saturated rings. The number of ether oxygens (including phenoxy) is 1. The molecule has 2 heterocycles. The number of hydrogen-bond acceptors (Lipinski definition) is 6. The van der Waals surface area contributed by atoms with E-state index in [2.05, 4.69) is 44.9 Å². The third-order valence-corrected chi connectivity index (χ3v) is 4.80. The molecule has 1 aliphatic carbocycles. The molecule has 142 valence electrons. The first-order chi connectivity index (χ1) is 13.6. The van der Waals surface area contributed by atoms with Crippen LogP contribution in [0.1, 0.15) is 22.6 Å². The molecule has 0 spiro atoms. The van der Waals surface area contributed by atoms with E-state index in [-0.39, 0.29) is 0 Å². The van der Waals surface area contributed by atoms with Crippen LogP contribution in [-0.2, 0) is 6.42 Å². The Hall–Kier alpha value is -3.41. The molecule has 1 aliphatic rings. The second kappa shape index (κ2) is 7.31. The van der Waals surface area contributed by atoms with Gasteiger partial charge in [-0.25, -0.2) is 4.98 Å². The maximum atomic E-state index is 5.62. The summed E-state index contributed by atoms with van der Waals surface area (Å²) in [7, 11) is 3.53. The number of methoxy groups -OCH3 is 1. The number of anilines is 3. The largest absolute Gasteiger partial charge is 0.496 e. The minimum Gasteiger partial charge on any atom is -0.496 e. The number of pyridine rings is 1. The minimum absolute atomic E-state index is 0.550. The molecule has 2 N–H and O–H groups in total. The third kappa shape index (κ3) is 3.41. The number of fused-ring (bicyclic) bond motifs is 1. The van der Waals surface area contributed by atoms with Crippen molar-refractivity contribution in [2.75, 3.05) is 24.8 Å². The van der Waals surface area contributed by atoms with Gasteiger partial charge in [0.15, 0.2) is 0 Å². The second-order valence-electron chi connectivity index (χ2n) is 6.78. The first-order valence-corrected chi connectivity index (χ1v) is 9.23. The Morgan fingerprint density at radius 2 is 1.86 bits per heavy atom. The van der Waals surface area contributed by atoms with Gasteiger partial charge in [-0.3, -0.25) is 4.98 Å². The number of hydrogen-bond donors (Lipinski definition) is 2. The zero-order valence-electron chi connectivity index (χ0n) is 16.5. The van der Waals surface area contributed by atoms with E-state index >= 15 is 0 Å². The van der Waals surface area contributed by atoms with Gasteiger partial charge >= 0.3 is 0 Å². The Kier molecular flexibility index (Phi) is 4.69. The molecule has 6 nitrogen and oxygen atoms in total. The zero-order valence-corrected chi connectivity index (χ0v) is 16.5. The average molecular weight is 373 g/mol. The maximum Gasteiger partial charge on any atom is 0.229 e. The number of nitrogens with zero attached hydrogens (tertiary/aromatic N) is 3. The van der Waals surface area contributed by atoms with Gasteiger partial charge in [-0.15, -0.1) is 0 Å². The second-order valence-corrected chi connectivity index (χ2v) is 6.78. The lowest BCUT2D eigenvalue weighted by atomic mass is 9.99. The number of allylic oxidation sites excluding steroid dienone is 1. The van der Waals surface area contributed by atoms with Crippen molar-refractivity contribution >= 4 is 23.5 Å². The SMILES string of the molecule is CNc1cc(C)nc(Nc2ccc(OC)c(-c3cc4c(nc3C)C=CC4)c2)n1. The molecular formula is C22H23N5O. The van der Waals surface area contributed by atoms with Gasteiger partial charge in [-0.1, -0.05) is 6.08 Å². The predicted octanol–water partition coefficient (Wildman–Crippen LogP) is 4.52. The fourth-order valence-corrected chi connectivity index (χ4v) is 3.42. The minimum atomic E-state index is 0.550. The van der Waals surface area contributed by atoms with Crippen molar-refractivity contribution in [2.45, 2.75) is 20.3 Å². The molecule has 0 unspecified atom stereocenters. The summed E-state index contributed by atoms with van der Waals surface area (Å²) in [5.41, 5.74) is 7.12. The quantitative estimate of drug-likeness (QED) is 0.685. The van der Waals surface area contributed by atoms with Crippen molar-refractivity contribution in [2.24, 2.45) is 0 Å². The van der Waals surface area contributed by atoms with Crippen LogP contribution in [0, 0.1) is 13.8 Å². The molecule has 0 radical (unpaired) electrons. The van der Waals surface area contributed by atoms with E-state index in [1.807, 2.05) is 39.1 Å². The first-order valence-electron chi connectivity index (χ1n) is 9.23. The van der Waals surface area contributed by atoms with Gasteiger partial charge in [0.05, 0.1) is 12.8 Å². The highest BCUT2D eigenvalue weighted by atomic mass is 16.5. The standard InChI is InChI=1S/C22H23N5O/c1-13-10-21(23-3)27-22(24-13)26-16-8-9-20(28-4)18(12-16)17-11-15-6-5-7-19(15)25-14(17)2/h5,7-12H,6H2,1-4H3,(H2,23,24,26,27). The van der Waals surface area contributed by atoms with E-state index in [1.165, 1.54) is 5.56 Å². The van der Waals surface area contributed by atoms with E-state index in [0.717, 1.165) is 51.9 Å². The summed E-state index contributed by atoms with van der Waals surface area (Å²) in [6.45, 7) is 3.98. The van der Waals surface area contributed by atoms with Crippen LogP contribution in [0.4, 0.5) is 17.5 Å². The Balaban J connectivity index is 1.74.